The van der Waals surface area contributed by atoms with Crippen molar-refractivity contribution in [3.63, 3.8) is 0 Å². The van der Waals surface area contributed by atoms with Crippen molar-refractivity contribution in [2.45, 2.75) is 30.9 Å². The van der Waals surface area contributed by atoms with Crippen molar-refractivity contribution in [1.82, 2.24) is 9.21 Å². The summed E-state index contributed by atoms with van der Waals surface area (Å²) >= 11 is 0. The van der Waals surface area contributed by atoms with Crippen LogP contribution in [0.4, 0.5) is 4.39 Å². The van der Waals surface area contributed by atoms with Gasteiger partial charge in [-0.25, -0.2) is 12.8 Å². The molecule has 0 saturated carbocycles. The monoisotopic (exact) mass is 436 g/mol. The van der Waals surface area contributed by atoms with Crippen LogP contribution in [-0.4, -0.2) is 68.7 Å². The molecule has 8 heteroatoms. The number of sulfonamides is 1. The van der Waals surface area contributed by atoms with E-state index in [1.54, 1.807) is 37.3 Å². The second-order valence-corrected chi connectivity index (χ2v) is 10.0. The molecule has 164 valence electrons. The highest BCUT2D eigenvalue weighted by atomic mass is 32.2. The van der Waals surface area contributed by atoms with E-state index in [-0.39, 0.29) is 41.6 Å². The summed E-state index contributed by atoms with van der Waals surface area (Å²) < 4.78 is 48.7. The fraction of sp³-hybridized carbons (Fsp3) is 0.455. The molecule has 2 aromatic carbocycles. The van der Waals surface area contributed by atoms with Gasteiger partial charge in [-0.3, -0.25) is 0 Å². The van der Waals surface area contributed by atoms with Gasteiger partial charge in [-0.2, -0.15) is 4.31 Å². The van der Waals surface area contributed by atoms with Crippen LogP contribution in [0.25, 0.3) is 11.1 Å². The average Bonchev–Trinajstić information content (AvgIpc) is 2.69. The van der Waals surface area contributed by atoms with Crippen molar-refractivity contribution in [1.29, 1.82) is 0 Å². The number of ether oxygens (including phenoxy) is 1. The molecule has 0 spiro atoms. The lowest BCUT2D eigenvalue weighted by Gasteiger charge is -2.37. The van der Waals surface area contributed by atoms with Gasteiger partial charge in [0, 0.05) is 30.6 Å². The number of fused-ring (bicyclic) bond motifs is 1. The minimum absolute atomic E-state index is 0.0264. The van der Waals surface area contributed by atoms with Gasteiger partial charge in [0.25, 0.3) is 0 Å². The molecule has 0 aliphatic carbocycles. The van der Waals surface area contributed by atoms with E-state index in [9.17, 15) is 17.9 Å². The van der Waals surface area contributed by atoms with Crippen molar-refractivity contribution in [2.24, 2.45) is 5.92 Å². The number of hydrogen-bond donors (Lipinski definition) is 1. The topological polar surface area (TPSA) is 70.1 Å². The van der Waals surface area contributed by atoms with Gasteiger partial charge in [0.15, 0.2) is 0 Å². The van der Waals surface area contributed by atoms with E-state index >= 15 is 0 Å². The Kier molecular flexibility index (Phi) is 6.81. The Morgan fingerprint density at radius 2 is 1.97 bits per heavy atom. The molecule has 0 radical (unpaired) electrons. The van der Waals surface area contributed by atoms with Gasteiger partial charge in [-0.15, -0.1) is 0 Å². The van der Waals surface area contributed by atoms with Crippen molar-refractivity contribution in [2.75, 3.05) is 33.8 Å². The Balaban J connectivity index is 2.17. The number of rotatable bonds is 5. The van der Waals surface area contributed by atoms with E-state index in [0.717, 1.165) is 0 Å². The summed E-state index contributed by atoms with van der Waals surface area (Å²) in [5.74, 6) is -0.314. The first-order valence-corrected chi connectivity index (χ1v) is 11.4. The summed E-state index contributed by atoms with van der Waals surface area (Å²) in [6.07, 6.45) is -0.279. The molecule has 1 N–H and O–H groups in total. The molecule has 0 fully saturated rings. The van der Waals surface area contributed by atoms with Crippen molar-refractivity contribution < 1.29 is 22.7 Å². The first kappa shape index (κ1) is 22.7. The highest BCUT2D eigenvalue weighted by Gasteiger charge is 2.38. The molecule has 0 aromatic heterocycles. The molecule has 30 heavy (non-hydrogen) atoms. The van der Waals surface area contributed by atoms with Crippen molar-refractivity contribution in [3.05, 3.63) is 48.3 Å². The third-order valence-corrected chi connectivity index (χ3v) is 7.42. The van der Waals surface area contributed by atoms with Crippen LogP contribution in [-0.2, 0) is 10.0 Å². The number of hydrogen-bond acceptors (Lipinski definition) is 5. The lowest BCUT2D eigenvalue weighted by atomic mass is 10.0. The van der Waals surface area contributed by atoms with Gasteiger partial charge in [0.2, 0.25) is 10.0 Å². The molecule has 1 aliphatic rings. The van der Waals surface area contributed by atoms with Crippen LogP contribution in [0.5, 0.6) is 5.75 Å². The van der Waals surface area contributed by atoms with Gasteiger partial charge in [0.05, 0.1) is 6.61 Å². The molecule has 1 aliphatic heterocycles. The van der Waals surface area contributed by atoms with E-state index < -0.39 is 16.1 Å². The Hall–Kier alpha value is -2.00. The van der Waals surface area contributed by atoms with Crippen LogP contribution >= 0.6 is 0 Å². The van der Waals surface area contributed by atoms with E-state index in [2.05, 4.69) is 0 Å². The quantitative estimate of drug-likeness (QED) is 0.781. The summed E-state index contributed by atoms with van der Waals surface area (Å²) in [4.78, 5) is 2.01. The SMILES string of the molecule is C[C@H](CO)N1C[C@H](C)[C@H](CN(C)C)Oc2cc(-c3ccccc3F)ccc2S1(=O)=O. The third kappa shape index (κ3) is 4.51. The fourth-order valence-corrected chi connectivity index (χ4v) is 5.49. The summed E-state index contributed by atoms with van der Waals surface area (Å²) in [6.45, 7) is 4.16. The van der Waals surface area contributed by atoms with Gasteiger partial charge in [0.1, 0.15) is 22.6 Å². The second-order valence-electron chi connectivity index (χ2n) is 8.14. The standard InChI is InChI=1S/C22H29FN2O4S/c1-15-12-25(16(2)14-26)30(27,28)22-10-9-17(18-7-5-6-8-19(18)23)11-20(22)29-21(15)13-24(3)4/h5-11,15-16,21,26H,12-14H2,1-4H3/t15-,16+,21-/m0/s1. The predicted molar refractivity (Wildman–Crippen MR) is 114 cm³/mol. The zero-order valence-electron chi connectivity index (χ0n) is 17.7. The van der Waals surface area contributed by atoms with E-state index in [1.807, 2.05) is 25.9 Å². The lowest BCUT2D eigenvalue weighted by molar-refractivity contribution is 0.0813. The van der Waals surface area contributed by atoms with E-state index in [1.165, 1.54) is 16.4 Å². The van der Waals surface area contributed by atoms with Crippen LogP contribution in [0.3, 0.4) is 0 Å². The van der Waals surface area contributed by atoms with E-state index in [0.29, 0.717) is 17.7 Å². The Morgan fingerprint density at radius 3 is 2.60 bits per heavy atom. The Bertz CT molecular complexity index is 996. The second kappa shape index (κ2) is 9.01. The predicted octanol–water partition coefficient (Wildman–Crippen LogP) is 2.82. The lowest BCUT2D eigenvalue weighted by Crippen LogP contribution is -2.49. The van der Waals surface area contributed by atoms with Gasteiger partial charge in [-0.05, 0) is 44.8 Å². The largest absolute Gasteiger partial charge is 0.487 e. The summed E-state index contributed by atoms with van der Waals surface area (Å²) in [5, 5.41) is 9.66. The molecule has 2 aromatic rings. The van der Waals surface area contributed by atoms with Crippen LogP contribution in [0.2, 0.25) is 0 Å². The third-order valence-electron chi connectivity index (χ3n) is 5.40. The van der Waals surface area contributed by atoms with Crippen LogP contribution in [0.15, 0.2) is 47.4 Å². The van der Waals surface area contributed by atoms with E-state index in [4.69, 9.17) is 4.74 Å². The minimum Gasteiger partial charge on any atom is -0.487 e. The molecule has 0 amide bonds. The normalized spacial score (nSPS) is 22.6. The summed E-state index contributed by atoms with van der Waals surface area (Å²) in [7, 11) is -0.0529. The number of aliphatic hydroxyl groups excluding tert-OH is 1. The minimum atomic E-state index is -3.91. The maximum Gasteiger partial charge on any atom is 0.247 e. The van der Waals surface area contributed by atoms with Gasteiger partial charge >= 0.3 is 0 Å². The molecular weight excluding hydrogens is 407 g/mol. The van der Waals surface area contributed by atoms with Gasteiger partial charge in [-0.1, -0.05) is 31.2 Å². The number of halogens is 1. The smallest absolute Gasteiger partial charge is 0.247 e. The number of nitrogens with zero attached hydrogens (tertiary/aromatic N) is 2. The fourth-order valence-electron chi connectivity index (χ4n) is 3.67. The zero-order valence-corrected chi connectivity index (χ0v) is 18.6. The van der Waals surface area contributed by atoms with Crippen molar-refractivity contribution in [3.8, 4) is 16.9 Å². The summed E-state index contributed by atoms with van der Waals surface area (Å²) in [6, 6.07) is 10.4. The average molecular weight is 437 g/mol. The van der Waals surface area contributed by atoms with Crippen molar-refractivity contribution >= 4 is 10.0 Å². The maximum absolute atomic E-state index is 14.3. The van der Waals surface area contributed by atoms with Crippen LogP contribution < -0.4 is 4.74 Å². The highest BCUT2D eigenvalue weighted by Crippen LogP contribution is 2.37. The number of aliphatic hydroxyl groups is 1. The number of benzene rings is 2. The Labute approximate surface area is 177 Å². The van der Waals surface area contributed by atoms with Gasteiger partial charge < -0.3 is 14.7 Å². The van der Waals surface area contributed by atoms with Crippen LogP contribution in [0, 0.1) is 11.7 Å². The zero-order chi connectivity index (χ0) is 22.1. The Morgan fingerprint density at radius 1 is 1.27 bits per heavy atom. The molecule has 0 saturated heterocycles. The molecule has 0 bridgehead atoms. The summed E-state index contributed by atoms with van der Waals surface area (Å²) in [5.41, 5.74) is 0.918. The first-order valence-electron chi connectivity index (χ1n) is 9.98. The molecule has 3 atom stereocenters. The maximum atomic E-state index is 14.3. The number of likely N-dealkylation sites (N-methyl/N-ethyl adjacent to an activating group) is 1. The first-order chi connectivity index (χ1) is 14.1. The molecule has 1 heterocycles. The molecule has 0 unspecified atom stereocenters. The molecular formula is C22H29FN2O4S. The van der Waals surface area contributed by atoms with Crippen LogP contribution in [0.1, 0.15) is 13.8 Å². The molecule has 3 rings (SSSR count). The highest BCUT2D eigenvalue weighted by molar-refractivity contribution is 7.89. The molecule has 6 nitrogen and oxygen atoms in total.